The topological polar surface area (TPSA) is 132 Å². The minimum absolute atomic E-state index is 0.0369. The van der Waals surface area contributed by atoms with Crippen molar-refractivity contribution in [2.45, 2.75) is 9.79 Å². The van der Waals surface area contributed by atoms with E-state index in [1.54, 1.807) is 0 Å². The molecule has 9 heteroatoms. The van der Waals surface area contributed by atoms with Crippen LogP contribution in [0.25, 0.3) is 0 Å². The summed E-state index contributed by atoms with van der Waals surface area (Å²) in [7, 11) is -7.53. The second-order valence-corrected chi connectivity index (χ2v) is 6.67. The van der Waals surface area contributed by atoms with Crippen LogP contribution in [0.2, 0.25) is 0 Å². The number of hydrogen-bond donors (Lipinski definition) is 3. The first-order valence-electron chi connectivity index (χ1n) is 4.00. The highest BCUT2D eigenvalue weighted by Gasteiger charge is 2.17. The van der Waals surface area contributed by atoms with E-state index in [1.807, 2.05) is 0 Å². The Labute approximate surface area is 93.4 Å². The van der Waals surface area contributed by atoms with Crippen LogP contribution >= 0.6 is 0 Å². The van der Waals surface area contributed by atoms with E-state index in [4.69, 9.17) is 11.0 Å². The van der Waals surface area contributed by atoms with Crippen LogP contribution < -0.4 is 16.4 Å². The van der Waals surface area contributed by atoms with Gasteiger partial charge in [0.15, 0.2) is 9.84 Å². The molecule has 5 N–H and O–H groups in total. The zero-order chi connectivity index (χ0) is 12.6. The number of sulfone groups is 1. The molecule has 1 rings (SSSR count). The lowest BCUT2D eigenvalue weighted by Gasteiger charge is -2.08. The summed E-state index contributed by atoms with van der Waals surface area (Å²) in [6, 6.07) is 3.43. The molecule has 0 aliphatic carbocycles. The van der Waals surface area contributed by atoms with Crippen LogP contribution in [0, 0.1) is 0 Å². The molecule has 0 bridgehead atoms. The van der Waals surface area contributed by atoms with Crippen LogP contribution in [0.3, 0.4) is 0 Å². The molecule has 0 amide bonds. The monoisotopic (exact) mass is 265 g/mol. The summed E-state index contributed by atoms with van der Waals surface area (Å²) < 4.78 is 44.8. The fourth-order valence-electron chi connectivity index (χ4n) is 1.09. The van der Waals surface area contributed by atoms with Gasteiger partial charge in [0.2, 0.25) is 10.0 Å². The Bertz CT molecular complexity index is 607. The highest BCUT2D eigenvalue weighted by Crippen LogP contribution is 2.23. The van der Waals surface area contributed by atoms with E-state index in [0.717, 1.165) is 12.3 Å². The van der Waals surface area contributed by atoms with Crippen LogP contribution in [-0.4, -0.2) is 23.1 Å². The Kier molecular flexibility index (Phi) is 3.24. The number of hydrogen-bond acceptors (Lipinski definition) is 6. The Hall–Kier alpha value is -1.16. The van der Waals surface area contributed by atoms with Crippen molar-refractivity contribution < 1.29 is 16.8 Å². The van der Waals surface area contributed by atoms with E-state index in [2.05, 4.69) is 5.43 Å². The first-order chi connectivity index (χ1) is 7.16. The zero-order valence-electron chi connectivity index (χ0n) is 8.34. The summed E-state index contributed by atoms with van der Waals surface area (Å²) >= 11 is 0. The second-order valence-electron chi connectivity index (χ2n) is 3.12. The number of primary sulfonamides is 1. The van der Waals surface area contributed by atoms with Crippen molar-refractivity contribution in [3.8, 4) is 0 Å². The number of nitrogens with one attached hydrogen (secondary N) is 1. The van der Waals surface area contributed by atoms with E-state index >= 15 is 0 Å². The Morgan fingerprint density at radius 3 is 2.12 bits per heavy atom. The van der Waals surface area contributed by atoms with Gasteiger partial charge in [-0.15, -0.1) is 0 Å². The van der Waals surface area contributed by atoms with Crippen molar-refractivity contribution in [2.24, 2.45) is 11.0 Å². The molecule has 1 aromatic carbocycles. The molecular formula is C7H11N3O4S2. The van der Waals surface area contributed by atoms with Crippen LogP contribution in [-0.2, 0) is 19.9 Å². The third-order valence-corrected chi connectivity index (χ3v) is 3.90. The largest absolute Gasteiger partial charge is 0.323 e. The van der Waals surface area contributed by atoms with Gasteiger partial charge in [-0.25, -0.2) is 22.0 Å². The van der Waals surface area contributed by atoms with Crippen molar-refractivity contribution in [1.29, 1.82) is 0 Å². The molecule has 0 fully saturated rings. The van der Waals surface area contributed by atoms with Crippen LogP contribution in [0.15, 0.2) is 28.0 Å². The van der Waals surface area contributed by atoms with E-state index in [1.165, 1.54) is 12.1 Å². The minimum Gasteiger partial charge on any atom is -0.323 e. The molecule has 0 unspecified atom stereocenters. The summed E-state index contributed by atoms with van der Waals surface area (Å²) in [5.74, 6) is 5.09. The molecule has 0 radical (unpaired) electrons. The summed E-state index contributed by atoms with van der Waals surface area (Å²) in [5, 5.41) is 4.93. The Balaban J connectivity index is 3.58. The lowest BCUT2D eigenvalue weighted by atomic mass is 10.3. The maximum atomic E-state index is 11.2. The molecule has 0 aliphatic heterocycles. The van der Waals surface area contributed by atoms with Crippen molar-refractivity contribution >= 4 is 25.5 Å². The molecule has 1 aromatic rings. The lowest BCUT2D eigenvalue weighted by Crippen LogP contribution is -2.18. The van der Waals surface area contributed by atoms with Gasteiger partial charge in [0.1, 0.15) is 4.90 Å². The van der Waals surface area contributed by atoms with Crippen molar-refractivity contribution in [3.05, 3.63) is 18.2 Å². The van der Waals surface area contributed by atoms with Crippen LogP contribution in [0.4, 0.5) is 5.69 Å². The predicted molar refractivity (Wildman–Crippen MR) is 58.7 cm³/mol. The Morgan fingerprint density at radius 2 is 1.75 bits per heavy atom. The molecule has 0 aromatic heterocycles. The summed E-state index contributed by atoms with van der Waals surface area (Å²) in [6.45, 7) is 0. The van der Waals surface area contributed by atoms with Gasteiger partial charge in [-0.3, -0.25) is 5.84 Å². The zero-order valence-corrected chi connectivity index (χ0v) is 9.97. The fraction of sp³-hybridized carbons (Fsp3) is 0.143. The predicted octanol–water partition coefficient (Wildman–Crippen LogP) is -0.977. The highest BCUT2D eigenvalue weighted by atomic mass is 32.2. The van der Waals surface area contributed by atoms with Crippen LogP contribution in [0.1, 0.15) is 0 Å². The van der Waals surface area contributed by atoms with E-state index < -0.39 is 19.9 Å². The summed E-state index contributed by atoms with van der Waals surface area (Å²) in [6.07, 6.45) is 0.963. The Morgan fingerprint density at radius 1 is 1.19 bits per heavy atom. The third-order valence-electron chi connectivity index (χ3n) is 1.84. The SMILES string of the molecule is CS(=O)(=O)c1ccc(NN)c(S(N)(=O)=O)c1. The molecule has 0 heterocycles. The van der Waals surface area contributed by atoms with E-state index in [0.29, 0.717) is 0 Å². The number of hydrazine groups is 1. The highest BCUT2D eigenvalue weighted by molar-refractivity contribution is 7.91. The van der Waals surface area contributed by atoms with Crippen molar-refractivity contribution in [3.63, 3.8) is 0 Å². The summed E-state index contributed by atoms with van der Waals surface area (Å²) in [5.41, 5.74) is 2.16. The number of rotatable bonds is 3. The molecule has 7 nitrogen and oxygen atoms in total. The number of anilines is 1. The van der Waals surface area contributed by atoms with E-state index in [9.17, 15) is 16.8 Å². The van der Waals surface area contributed by atoms with Gasteiger partial charge < -0.3 is 5.43 Å². The number of nitrogens with two attached hydrogens (primary N) is 2. The van der Waals surface area contributed by atoms with Gasteiger partial charge in [0.25, 0.3) is 0 Å². The van der Waals surface area contributed by atoms with Gasteiger partial charge in [-0.2, -0.15) is 0 Å². The molecule has 90 valence electrons. The standard InChI is InChI=1S/C7H11N3O4S2/c1-15(11,12)5-2-3-6(10-8)7(4-5)16(9,13)14/h2-4,10H,8H2,1H3,(H2,9,13,14). The maximum Gasteiger partial charge on any atom is 0.240 e. The van der Waals surface area contributed by atoms with Gasteiger partial charge in [0.05, 0.1) is 10.6 Å². The normalized spacial score (nSPS) is 12.4. The van der Waals surface area contributed by atoms with Crippen LogP contribution in [0.5, 0.6) is 0 Å². The molecule has 0 atom stereocenters. The minimum atomic E-state index is -4.04. The fourth-order valence-corrected chi connectivity index (χ4v) is 2.53. The number of sulfonamides is 1. The average Bonchev–Trinajstić information content (AvgIpc) is 2.14. The average molecular weight is 265 g/mol. The summed E-state index contributed by atoms with van der Waals surface area (Å²) in [4.78, 5) is -0.506. The first-order valence-corrected chi connectivity index (χ1v) is 7.43. The quantitative estimate of drug-likeness (QED) is 0.475. The molecular weight excluding hydrogens is 254 g/mol. The molecule has 0 spiro atoms. The maximum absolute atomic E-state index is 11.2. The van der Waals surface area contributed by atoms with E-state index in [-0.39, 0.29) is 15.5 Å². The number of nitrogen functional groups attached to an aromatic ring is 1. The lowest BCUT2D eigenvalue weighted by molar-refractivity contribution is 0.597. The first kappa shape index (κ1) is 12.9. The molecule has 0 saturated heterocycles. The van der Waals surface area contributed by atoms with Crippen molar-refractivity contribution in [1.82, 2.24) is 0 Å². The third kappa shape index (κ3) is 2.70. The second kappa shape index (κ2) is 4.01. The van der Waals surface area contributed by atoms with Gasteiger partial charge in [0, 0.05) is 6.26 Å². The molecule has 0 saturated carbocycles. The van der Waals surface area contributed by atoms with Gasteiger partial charge in [-0.1, -0.05) is 0 Å². The smallest absolute Gasteiger partial charge is 0.240 e. The molecule has 0 aliphatic rings. The van der Waals surface area contributed by atoms with Crippen molar-refractivity contribution in [2.75, 3.05) is 11.7 Å². The van der Waals surface area contributed by atoms with Gasteiger partial charge in [-0.05, 0) is 18.2 Å². The number of benzene rings is 1. The molecule has 16 heavy (non-hydrogen) atoms. The van der Waals surface area contributed by atoms with Gasteiger partial charge >= 0.3 is 0 Å².